The van der Waals surface area contributed by atoms with Gasteiger partial charge in [-0.05, 0) is 11.8 Å². The summed E-state index contributed by atoms with van der Waals surface area (Å²) >= 11 is 0. The first-order chi connectivity index (χ1) is 8.27. The Labute approximate surface area is 107 Å². The molecule has 4 nitrogen and oxygen atoms in total. The minimum atomic E-state index is -2.51. The monoisotopic (exact) mass is 267 g/mol. The van der Waals surface area contributed by atoms with Gasteiger partial charge in [-0.3, -0.25) is 4.79 Å². The van der Waals surface area contributed by atoms with Gasteiger partial charge in [0.2, 0.25) is 5.91 Å². The Morgan fingerprint density at radius 3 is 2.44 bits per heavy atom. The molecule has 0 aliphatic rings. The molecule has 0 spiro atoms. The lowest BCUT2D eigenvalue weighted by molar-refractivity contribution is -0.124. The minimum absolute atomic E-state index is 0.00982. The highest BCUT2D eigenvalue weighted by molar-refractivity contribution is 5.76. The number of carbonyl (C=O) groups is 1. The van der Waals surface area contributed by atoms with Gasteiger partial charge in [0.1, 0.15) is 6.61 Å². The van der Waals surface area contributed by atoms with Crippen LogP contribution in [0.4, 0.5) is 8.78 Å². The molecule has 0 radical (unpaired) electrons. The van der Waals surface area contributed by atoms with Crippen molar-refractivity contribution in [3.8, 4) is 0 Å². The predicted molar refractivity (Wildman–Crippen MR) is 64.5 cm³/mol. The lowest BCUT2D eigenvalue weighted by Crippen LogP contribution is -2.44. The molecule has 1 atom stereocenters. The quantitative estimate of drug-likeness (QED) is 0.656. The Morgan fingerprint density at radius 2 is 2.00 bits per heavy atom. The molecule has 0 saturated heterocycles. The zero-order valence-electron chi connectivity index (χ0n) is 11.2. The third-order valence-electron chi connectivity index (χ3n) is 2.52. The summed E-state index contributed by atoms with van der Waals surface area (Å²) in [7, 11) is 0. The van der Waals surface area contributed by atoms with Crippen LogP contribution in [0, 0.1) is 5.41 Å². The summed E-state index contributed by atoms with van der Waals surface area (Å²) in [4.78, 5) is 11.6. The molecule has 0 bridgehead atoms. The van der Waals surface area contributed by atoms with E-state index in [-0.39, 0.29) is 37.0 Å². The first kappa shape index (κ1) is 17.2. The van der Waals surface area contributed by atoms with Crippen LogP contribution in [0.3, 0.4) is 0 Å². The van der Waals surface area contributed by atoms with Crippen LogP contribution in [0.5, 0.6) is 0 Å². The van der Waals surface area contributed by atoms with E-state index in [0.29, 0.717) is 6.42 Å². The molecule has 0 aliphatic heterocycles. The smallest absolute Gasteiger partial charge is 0.261 e. The van der Waals surface area contributed by atoms with E-state index in [1.54, 1.807) is 0 Å². The standard InChI is InChI=1S/C12H23F2NO3/c1-12(2,3)9(4-6-16)15-11(17)5-7-18-8-10(13)14/h9-10,16H,4-8H2,1-3H3,(H,15,17). The van der Waals surface area contributed by atoms with Crippen molar-refractivity contribution in [2.24, 2.45) is 5.41 Å². The van der Waals surface area contributed by atoms with Gasteiger partial charge < -0.3 is 15.2 Å². The fourth-order valence-corrected chi connectivity index (χ4v) is 1.45. The highest BCUT2D eigenvalue weighted by Crippen LogP contribution is 2.21. The normalized spacial score (nSPS) is 13.7. The first-order valence-corrected chi connectivity index (χ1v) is 6.03. The maximum Gasteiger partial charge on any atom is 0.261 e. The molecule has 0 fully saturated rings. The molecule has 6 heteroatoms. The summed E-state index contributed by atoms with van der Waals surface area (Å²) < 4.78 is 28.2. The lowest BCUT2D eigenvalue weighted by Gasteiger charge is -2.31. The van der Waals surface area contributed by atoms with Crippen LogP contribution in [-0.2, 0) is 9.53 Å². The van der Waals surface area contributed by atoms with Crippen LogP contribution in [-0.4, -0.2) is 43.3 Å². The van der Waals surface area contributed by atoms with Crippen molar-refractivity contribution in [2.45, 2.75) is 46.1 Å². The molecule has 1 amide bonds. The van der Waals surface area contributed by atoms with Gasteiger partial charge in [-0.1, -0.05) is 20.8 Å². The Hall–Kier alpha value is -0.750. The highest BCUT2D eigenvalue weighted by atomic mass is 19.3. The van der Waals surface area contributed by atoms with E-state index in [4.69, 9.17) is 5.11 Å². The van der Waals surface area contributed by atoms with E-state index >= 15 is 0 Å². The average Bonchev–Trinajstić information content (AvgIpc) is 2.22. The second kappa shape index (κ2) is 8.37. The molecule has 0 rings (SSSR count). The Kier molecular flexibility index (Phi) is 8.02. The molecule has 0 aliphatic carbocycles. The van der Waals surface area contributed by atoms with Gasteiger partial charge in [0, 0.05) is 19.1 Å². The number of hydrogen-bond donors (Lipinski definition) is 2. The largest absolute Gasteiger partial charge is 0.396 e. The molecule has 0 aromatic rings. The van der Waals surface area contributed by atoms with Crippen molar-refractivity contribution in [2.75, 3.05) is 19.8 Å². The number of carbonyl (C=O) groups excluding carboxylic acids is 1. The number of halogens is 2. The van der Waals surface area contributed by atoms with E-state index in [2.05, 4.69) is 10.1 Å². The van der Waals surface area contributed by atoms with E-state index < -0.39 is 13.0 Å². The number of aliphatic hydroxyl groups excluding tert-OH is 1. The number of amides is 1. The number of aliphatic hydroxyl groups is 1. The second-order valence-corrected chi connectivity index (χ2v) is 5.21. The fourth-order valence-electron chi connectivity index (χ4n) is 1.45. The highest BCUT2D eigenvalue weighted by Gasteiger charge is 2.25. The Bertz CT molecular complexity index is 242. The SMILES string of the molecule is CC(C)(C)C(CCO)NC(=O)CCOCC(F)F. The molecule has 0 heterocycles. The summed E-state index contributed by atoms with van der Waals surface area (Å²) in [6.07, 6.45) is -2.00. The van der Waals surface area contributed by atoms with Crippen molar-refractivity contribution < 1.29 is 23.4 Å². The topological polar surface area (TPSA) is 58.6 Å². The summed E-state index contributed by atoms with van der Waals surface area (Å²) in [5.74, 6) is -0.252. The van der Waals surface area contributed by atoms with Crippen molar-refractivity contribution >= 4 is 5.91 Å². The number of nitrogens with one attached hydrogen (secondary N) is 1. The molecule has 2 N–H and O–H groups in total. The third-order valence-corrected chi connectivity index (χ3v) is 2.52. The summed E-state index contributed by atoms with van der Waals surface area (Å²) in [6, 6.07) is -0.148. The first-order valence-electron chi connectivity index (χ1n) is 6.03. The minimum Gasteiger partial charge on any atom is -0.396 e. The fraction of sp³-hybridized carbons (Fsp3) is 0.917. The van der Waals surface area contributed by atoms with Crippen LogP contribution < -0.4 is 5.32 Å². The Balaban J connectivity index is 3.96. The van der Waals surface area contributed by atoms with Crippen LogP contribution >= 0.6 is 0 Å². The maximum absolute atomic E-state index is 11.8. The van der Waals surface area contributed by atoms with Crippen molar-refractivity contribution in [1.82, 2.24) is 5.32 Å². The van der Waals surface area contributed by atoms with E-state index in [1.165, 1.54) is 0 Å². The third kappa shape index (κ3) is 8.36. The van der Waals surface area contributed by atoms with E-state index in [1.807, 2.05) is 20.8 Å². The van der Waals surface area contributed by atoms with Crippen LogP contribution in [0.25, 0.3) is 0 Å². The number of rotatable bonds is 8. The number of hydrogen-bond acceptors (Lipinski definition) is 3. The van der Waals surface area contributed by atoms with Gasteiger partial charge >= 0.3 is 0 Å². The van der Waals surface area contributed by atoms with Crippen LogP contribution in [0.1, 0.15) is 33.6 Å². The molecule has 108 valence electrons. The van der Waals surface area contributed by atoms with Gasteiger partial charge in [-0.25, -0.2) is 8.78 Å². The molecule has 0 saturated carbocycles. The number of alkyl halides is 2. The van der Waals surface area contributed by atoms with Gasteiger partial charge in [-0.15, -0.1) is 0 Å². The molecule has 1 unspecified atom stereocenters. The molecule has 18 heavy (non-hydrogen) atoms. The van der Waals surface area contributed by atoms with Crippen LogP contribution in [0.15, 0.2) is 0 Å². The summed E-state index contributed by atoms with van der Waals surface area (Å²) in [5.41, 5.74) is -0.164. The van der Waals surface area contributed by atoms with Crippen molar-refractivity contribution in [1.29, 1.82) is 0 Å². The van der Waals surface area contributed by atoms with Gasteiger partial charge in [-0.2, -0.15) is 0 Å². The molecule has 0 aromatic carbocycles. The van der Waals surface area contributed by atoms with E-state index in [0.717, 1.165) is 0 Å². The maximum atomic E-state index is 11.8. The summed E-state index contributed by atoms with van der Waals surface area (Å²) in [5, 5.41) is 11.7. The zero-order chi connectivity index (χ0) is 14.2. The molecular formula is C12H23F2NO3. The van der Waals surface area contributed by atoms with Crippen LogP contribution in [0.2, 0.25) is 0 Å². The molecular weight excluding hydrogens is 244 g/mol. The summed E-state index contributed by atoms with van der Waals surface area (Å²) in [6.45, 7) is 5.20. The Morgan fingerprint density at radius 1 is 1.39 bits per heavy atom. The number of ether oxygens (including phenoxy) is 1. The van der Waals surface area contributed by atoms with Crippen molar-refractivity contribution in [3.63, 3.8) is 0 Å². The van der Waals surface area contributed by atoms with Crippen molar-refractivity contribution in [3.05, 3.63) is 0 Å². The zero-order valence-corrected chi connectivity index (χ0v) is 11.2. The second-order valence-electron chi connectivity index (χ2n) is 5.21. The lowest BCUT2D eigenvalue weighted by atomic mass is 9.85. The van der Waals surface area contributed by atoms with Gasteiger partial charge in [0.05, 0.1) is 6.61 Å². The van der Waals surface area contributed by atoms with Gasteiger partial charge in [0.25, 0.3) is 6.43 Å². The average molecular weight is 267 g/mol. The van der Waals surface area contributed by atoms with Gasteiger partial charge in [0.15, 0.2) is 0 Å². The molecule has 0 aromatic heterocycles. The van der Waals surface area contributed by atoms with E-state index in [9.17, 15) is 13.6 Å². The predicted octanol–water partition coefficient (Wildman–Crippen LogP) is 1.57.